The molecule has 130 valence electrons. The Morgan fingerprint density at radius 2 is 2.21 bits per heavy atom. The first kappa shape index (κ1) is 16.9. The third-order valence-electron chi connectivity index (χ3n) is 4.75. The molecule has 6 heteroatoms. The molecule has 0 radical (unpaired) electrons. The Kier molecular flexibility index (Phi) is 5.45. The summed E-state index contributed by atoms with van der Waals surface area (Å²) < 4.78 is 13.2. The molecule has 1 heterocycles. The number of imidazole rings is 1. The predicted octanol–water partition coefficient (Wildman–Crippen LogP) is 2.63. The summed E-state index contributed by atoms with van der Waals surface area (Å²) in [5.74, 6) is 0.639. The maximum Gasteiger partial charge on any atom is 0.234 e. The molecular formula is C18H25FN4O. The second-order valence-electron chi connectivity index (χ2n) is 6.65. The number of amides is 1. The van der Waals surface area contributed by atoms with Gasteiger partial charge in [0.2, 0.25) is 5.91 Å². The first-order chi connectivity index (χ1) is 11.6. The lowest BCUT2D eigenvalue weighted by molar-refractivity contribution is -0.122. The number of hydrogen-bond acceptors (Lipinski definition) is 3. The number of H-pyrrole nitrogens is 1. The Morgan fingerprint density at radius 1 is 1.42 bits per heavy atom. The van der Waals surface area contributed by atoms with Gasteiger partial charge in [-0.3, -0.25) is 9.69 Å². The van der Waals surface area contributed by atoms with Crippen LogP contribution in [0.2, 0.25) is 0 Å². The van der Waals surface area contributed by atoms with Gasteiger partial charge in [0, 0.05) is 19.0 Å². The van der Waals surface area contributed by atoms with Gasteiger partial charge in [0.05, 0.1) is 17.6 Å². The van der Waals surface area contributed by atoms with Crippen molar-refractivity contribution in [2.24, 2.45) is 0 Å². The van der Waals surface area contributed by atoms with Crippen LogP contribution >= 0.6 is 0 Å². The SMILES string of the molecule is CN(CC(=O)NCCCc1nc2ccc(F)cc2[nH]1)C1CCCC1. The summed E-state index contributed by atoms with van der Waals surface area (Å²) in [6, 6.07) is 5.10. The molecule has 1 aromatic carbocycles. The maximum absolute atomic E-state index is 13.2. The van der Waals surface area contributed by atoms with Crippen LogP contribution in [0, 0.1) is 5.82 Å². The number of likely N-dealkylation sites (N-methyl/N-ethyl adjacent to an activating group) is 1. The molecule has 1 amide bonds. The third-order valence-corrected chi connectivity index (χ3v) is 4.75. The monoisotopic (exact) mass is 332 g/mol. The number of carbonyl (C=O) groups excluding carboxylic acids is 1. The lowest BCUT2D eigenvalue weighted by Gasteiger charge is -2.23. The van der Waals surface area contributed by atoms with Gasteiger partial charge in [-0.1, -0.05) is 12.8 Å². The molecule has 1 saturated carbocycles. The van der Waals surface area contributed by atoms with Gasteiger partial charge in [0.1, 0.15) is 11.6 Å². The van der Waals surface area contributed by atoms with Crippen molar-refractivity contribution in [3.05, 3.63) is 29.8 Å². The predicted molar refractivity (Wildman–Crippen MR) is 92.3 cm³/mol. The first-order valence-electron chi connectivity index (χ1n) is 8.73. The molecular weight excluding hydrogens is 307 g/mol. The van der Waals surface area contributed by atoms with Gasteiger partial charge < -0.3 is 10.3 Å². The van der Waals surface area contributed by atoms with Crippen LogP contribution < -0.4 is 5.32 Å². The number of fused-ring (bicyclic) bond motifs is 1. The summed E-state index contributed by atoms with van der Waals surface area (Å²) in [5.41, 5.74) is 1.49. The van der Waals surface area contributed by atoms with E-state index < -0.39 is 0 Å². The van der Waals surface area contributed by atoms with Crippen molar-refractivity contribution in [3.63, 3.8) is 0 Å². The second kappa shape index (κ2) is 7.75. The number of halogens is 1. The van der Waals surface area contributed by atoms with E-state index in [1.54, 1.807) is 6.07 Å². The van der Waals surface area contributed by atoms with Crippen molar-refractivity contribution in [2.45, 2.75) is 44.6 Å². The molecule has 0 atom stereocenters. The summed E-state index contributed by atoms with van der Waals surface area (Å²) in [4.78, 5) is 21.7. The Bertz CT molecular complexity index is 693. The minimum atomic E-state index is -0.267. The van der Waals surface area contributed by atoms with Crippen molar-refractivity contribution in [1.82, 2.24) is 20.2 Å². The lowest BCUT2D eigenvalue weighted by Crippen LogP contribution is -2.39. The molecule has 2 aromatic rings. The Balaban J connectivity index is 1.38. The van der Waals surface area contributed by atoms with Crippen LogP contribution in [-0.2, 0) is 11.2 Å². The molecule has 3 rings (SSSR count). The fourth-order valence-corrected chi connectivity index (χ4v) is 3.39. The van der Waals surface area contributed by atoms with Gasteiger partial charge in [-0.25, -0.2) is 9.37 Å². The molecule has 1 aromatic heterocycles. The number of rotatable bonds is 7. The fourth-order valence-electron chi connectivity index (χ4n) is 3.39. The molecule has 0 saturated heterocycles. The van der Waals surface area contributed by atoms with Crippen LogP contribution in [0.25, 0.3) is 11.0 Å². The minimum Gasteiger partial charge on any atom is -0.355 e. The second-order valence-corrected chi connectivity index (χ2v) is 6.65. The number of hydrogen-bond donors (Lipinski definition) is 2. The summed E-state index contributed by atoms with van der Waals surface area (Å²) in [6.07, 6.45) is 6.50. The zero-order chi connectivity index (χ0) is 16.9. The highest BCUT2D eigenvalue weighted by Gasteiger charge is 2.20. The van der Waals surface area contributed by atoms with E-state index in [2.05, 4.69) is 20.2 Å². The van der Waals surface area contributed by atoms with Crippen LogP contribution in [0.3, 0.4) is 0 Å². The van der Waals surface area contributed by atoms with E-state index in [4.69, 9.17) is 0 Å². The Hall–Kier alpha value is -1.95. The molecule has 5 nitrogen and oxygen atoms in total. The van der Waals surface area contributed by atoms with Crippen LogP contribution in [0.1, 0.15) is 37.9 Å². The largest absolute Gasteiger partial charge is 0.355 e. The van der Waals surface area contributed by atoms with Gasteiger partial charge in [-0.05, 0) is 44.5 Å². The van der Waals surface area contributed by atoms with Crippen molar-refractivity contribution in [3.8, 4) is 0 Å². The lowest BCUT2D eigenvalue weighted by atomic mass is 10.2. The highest BCUT2D eigenvalue weighted by atomic mass is 19.1. The van der Waals surface area contributed by atoms with Crippen molar-refractivity contribution >= 4 is 16.9 Å². The highest BCUT2D eigenvalue weighted by Crippen LogP contribution is 2.21. The number of carbonyl (C=O) groups is 1. The smallest absolute Gasteiger partial charge is 0.234 e. The molecule has 2 N–H and O–H groups in total. The van der Waals surface area contributed by atoms with Gasteiger partial charge in [0.15, 0.2) is 0 Å². The van der Waals surface area contributed by atoms with Gasteiger partial charge in [-0.2, -0.15) is 0 Å². The van der Waals surface area contributed by atoms with E-state index in [0.717, 1.165) is 24.2 Å². The van der Waals surface area contributed by atoms with Gasteiger partial charge in [0.25, 0.3) is 0 Å². The third kappa shape index (κ3) is 4.32. The van der Waals surface area contributed by atoms with Crippen molar-refractivity contribution in [2.75, 3.05) is 20.1 Å². The molecule has 1 aliphatic carbocycles. The van der Waals surface area contributed by atoms with E-state index in [1.807, 2.05) is 7.05 Å². The zero-order valence-corrected chi connectivity index (χ0v) is 14.1. The van der Waals surface area contributed by atoms with Crippen molar-refractivity contribution in [1.29, 1.82) is 0 Å². The van der Waals surface area contributed by atoms with Gasteiger partial charge in [-0.15, -0.1) is 0 Å². The molecule has 0 bridgehead atoms. The molecule has 0 unspecified atom stereocenters. The topological polar surface area (TPSA) is 61.0 Å². The maximum atomic E-state index is 13.2. The number of benzene rings is 1. The molecule has 1 aliphatic rings. The summed E-state index contributed by atoms with van der Waals surface area (Å²) in [7, 11) is 2.03. The first-order valence-corrected chi connectivity index (χ1v) is 8.73. The number of aryl methyl sites for hydroxylation is 1. The Labute approximate surface area is 141 Å². The fraction of sp³-hybridized carbons (Fsp3) is 0.556. The van der Waals surface area contributed by atoms with E-state index in [9.17, 15) is 9.18 Å². The van der Waals surface area contributed by atoms with E-state index in [1.165, 1.54) is 37.8 Å². The van der Waals surface area contributed by atoms with Crippen molar-refractivity contribution < 1.29 is 9.18 Å². The number of nitrogens with zero attached hydrogens (tertiary/aromatic N) is 2. The summed E-state index contributed by atoms with van der Waals surface area (Å²) >= 11 is 0. The normalized spacial score (nSPS) is 15.5. The van der Waals surface area contributed by atoms with E-state index >= 15 is 0 Å². The Morgan fingerprint density at radius 3 is 3.00 bits per heavy atom. The van der Waals surface area contributed by atoms with E-state index in [-0.39, 0.29) is 11.7 Å². The molecule has 0 spiro atoms. The quantitative estimate of drug-likeness (QED) is 0.766. The molecule has 24 heavy (non-hydrogen) atoms. The summed E-state index contributed by atoms with van der Waals surface area (Å²) in [6.45, 7) is 1.09. The number of nitrogens with one attached hydrogen (secondary N) is 2. The van der Waals surface area contributed by atoms with E-state index in [0.29, 0.717) is 24.6 Å². The summed E-state index contributed by atoms with van der Waals surface area (Å²) in [5, 5.41) is 2.97. The van der Waals surface area contributed by atoms with Crippen LogP contribution in [0.5, 0.6) is 0 Å². The van der Waals surface area contributed by atoms with Gasteiger partial charge >= 0.3 is 0 Å². The van der Waals surface area contributed by atoms with Crippen LogP contribution in [0.4, 0.5) is 4.39 Å². The number of aromatic nitrogens is 2. The zero-order valence-electron chi connectivity index (χ0n) is 14.1. The standard InChI is InChI=1S/C18H25FN4O/c1-23(14-5-2-3-6-14)12-18(24)20-10-4-7-17-21-15-9-8-13(19)11-16(15)22-17/h8-9,11,14H,2-7,10,12H2,1H3,(H,20,24)(H,21,22). The highest BCUT2D eigenvalue weighted by molar-refractivity contribution is 5.78. The average Bonchev–Trinajstić information content (AvgIpc) is 3.20. The van der Waals surface area contributed by atoms with Crippen LogP contribution in [-0.4, -0.2) is 47.0 Å². The average molecular weight is 332 g/mol. The minimum absolute atomic E-state index is 0.0797. The molecule has 0 aliphatic heterocycles. The van der Waals surface area contributed by atoms with Crippen LogP contribution in [0.15, 0.2) is 18.2 Å². The molecule has 1 fully saturated rings. The number of aromatic amines is 1.